The number of anilines is 2. The monoisotopic (exact) mass is 372 g/mol. The molecular formula is C16H13BrN4O2. The Hall–Kier alpha value is -2.67. The second-order valence-corrected chi connectivity index (χ2v) is 5.60. The molecule has 0 saturated carbocycles. The summed E-state index contributed by atoms with van der Waals surface area (Å²) in [5, 5.41) is 5.87. The molecule has 116 valence electrons. The molecule has 23 heavy (non-hydrogen) atoms. The molecule has 3 rings (SSSR count). The summed E-state index contributed by atoms with van der Waals surface area (Å²) in [5.74, 6) is 1.04. The fourth-order valence-corrected chi connectivity index (χ4v) is 2.16. The number of nitrogens with zero attached hydrogens (tertiary/aromatic N) is 2. The minimum absolute atomic E-state index is 0.282. The lowest BCUT2D eigenvalue weighted by Crippen LogP contribution is -2.14. The maximum atomic E-state index is 12.2. The highest BCUT2D eigenvalue weighted by Gasteiger charge is 2.09. The lowest BCUT2D eigenvalue weighted by molar-refractivity contribution is 0.102. The van der Waals surface area contributed by atoms with Crippen LogP contribution in [0.2, 0.25) is 0 Å². The molecule has 3 aromatic rings. The number of hydrogen-bond acceptors (Lipinski definition) is 5. The second-order valence-electron chi connectivity index (χ2n) is 4.68. The van der Waals surface area contributed by atoms with Crippen LogP contribution in [0.5, 0.6) is 0 Å². The standard InChI is InChI=1S/C16H13BrN4O2/c17-11-3-5-12(6-4-11)21-16(22)14-8-15(20-10-19-14)18-9-13-2-1-7-23-13/h1-8,10H,9H2,(H,21,22)(H,18,19,20). The van der Waals surface area contributed by atoms with Gasteiger partial charge in [-0.1, -0.05) is 15.9 Å². The molecule has 2 N–H and O–H groups in total. The molecule has 0 aliphatic carbocycles. The van der Waals surface area contributed by atoms with Crippen molar-refractivity contribution in [3.8, 4) is 0 Å². The van der Waals surface area contributed by atoms with Gasteiger partial charge in [0.05, 0.1) is 12.8 Å². The Labute approximate surface area is 141 Å². The van der Waals surface area contributed by atoms with Crippen LogP contribution in [0.25, 0.3) is 0 Å². The fourth-order valence-electron chi connectivity index (χ4n) is 1.90. The predicted molar refractivity (Wildman–Crippen MR) is 90.2 cm³/mol. The Balaban J connectivity index is 1.66. The fraction of sp³-hybridized carbons (Fsp3) is 0.0625. The second kappa shape index (κ2) is 7.06. The van der Waals surface area contributed by atoms with Crippen molar-refractivity contribution in [2.45, 2.75) is 6.54 Å². The van der Waals surface area contributed by atoms with Crippen LogP contribution >= 0.6 is 15.9 Å². The Kier molecular flexibility index (Phi) is 4.68. The first-order valence-corrected chi connectivity index (χ1v) is 7.65. The number of rotatable bonds is 5. The molecule has 0 saturated heterocycles. The number of nitrogens with one attached hydrogen (secondary N) is 2. The highest BCUT2D eigenvalue weighted by molar-refractivity contribution is 9.10. The number of halogens is 1. The van der Waals surface area contributed by atoms with Crippen molar-refractivity contribution >= 4 is 33.3 Å². The van der Waals surface area contributed by atoms with Crippen LogP contribution in [-0.2, 0) is 6.54 Å². The number of aromatic nitrogens is 2. The third-order valence-corrected chi connectivity index (χ3v) is 3.55. The van der Waals surface area contributed by atoms with E-state index in [0.29, 0.717) is 18.1 Å². The van der Waals surface area contributed by atoms with Gasteiger partial charge in [0.1, 0.15) is 23.6 Å². The number of amides is 1. The number of benzene rings is 1. The highest BCUT2D eigenvalue weighted by Crippen LogP contribution is 2.15. The van der Waals surface area contributed by atoms with Crippen molar-refractivity contribution < 1.29 is 9.21 Å². The lowest BCUT2D eigenvalue weighted by Gasteiger charge is -2.07. The lowest BCUT2D eigenvalue weighted by atomic mass is 10.3. The first-order valence-electron chi connectivity index (χ1n) is 6.86. The van der Waals surface area contributed by atoms with Crippen LogP contribution in [0.3, 0.4) is 0 Å². The van der Waals surface area contributed by atoms with E-state index in [-0.39, 0.29) is 11.6 Å². The third-order valence-electron chi connectivity index (χ3n) is 3.03. The average Bonchev–Trinajstić information content (AvgIpc) is 3.09. The maximum Gasteiger partial charge on any atom is 0.274 e. The van der Waals surface area contributed by atoms with Crippen LogP contribution in [0.4, 0.5) is 11.5 Å². The SMILES string of the molecule is O=C(Nc1ccc(Br)cc1)c1cc(NCc2ccco2)ncn1. The van der Waals surface area contributed by atoms with Gasteiger partial charge in [-0.25, -0.2) is 9.97 Å². The largest absolute Gasteiger partial charge is 0.467 e. The Bertz CT molecular complexity index is 788. The summed E-state index contributed by atoms with van der Waals surface area (Å²) < 4.78 is 6.18. The van der Waals surface area contributed by atoms with E-state index >= 15 is 0 Å². The van der Waals surface area contributed by atoms with Gasteiger partial charge in [-0.2, -0.15) is 0 Å². The molecule has 6 nitrogen and oxygen atoms in total. The molecule has 0 spiro atoms. The molecule has 0 unspecified atom stereocenters. The van der Waals surface area contributed by atoms with E-state index in [9.17, 15) is 4.79 Å². The zero-order valence-corrected chi connectivity index (χ0v) is 13.6. The summed E-state index contributed by atoms with van der Waals surface area (Å²) in [6, 6.07) is 12.6. The van der Waals surface area contributed by atoms with Crippen LogP contribution in [0.15, 0.2) is 63.9 Å². The molecule has 0 radical (unpaired) electrons. The van der Waals surface area contributed by atoms with E-state index in [0.717, 1.165) is 10.2 Å². The van der Waals surface area contributed by atoms with Gasteiger partial charge in [0.2, 0.25) is 0 Å². The van der Waals surface area contributed by atoms with E-state index in [1.807, 2.05) is 24.3 Å². The average molecular weight is 373 g/mol. The van der Waals surface area contributed by atoms with E-state index < -0.39 is 0 Å². The topological polar surface area (TPSA) is 80.0 Å². The number of carbonyl (C=O) groups is 1. The quantitative estimate of drug-likeness (QED) is 0.713. The minimum atomic E-state index is -0.296. The van der Waals surface area contributed by atoms with E-state index in [1.165, 1.54) is 6.33 Å². The summed E-state index contributed by atoms with van der Waals surface area (Å²) in [5.41, 5.74) is 0.978. The van der Waals surface area contributed by atoms with Gasteiger partial charge in [0, 0.05) is 16.2 Å². The summed E-state index contributed by atoms with van der Waals surface area (Å²) in [7, 11) is 0. The number of hydrogen-bond donors (Lipinski definition) is 2. The number of furan rings is 1. The molecule has 0 fully saturated rings. The molecule has 0 atom stereocenters. The molecule has 1 aromatic carbocycles. The first kappa shape index (κ1) is 15.2. The Morgan fingerprint density at radius 3 is 2.74 bits per heavy atom. The zero-order chi connectivity index (χ0) is 16.1. The van der Waals surface area contributed by atoms with Gasteiger partial charge in [-0.15, -0.1) is 0 Å². The van der Waals surface area contributed by atoms with Crippen molar-refractivity contribution in [3.63, 3.8) is 0 Å². The van der Waals surface area contributed by atoms with Gasteiger partial charge < -0.3 is 15.1 Å². The molecule has 0 aliphatic rings. The van der Waals surface area contributed by atoms with Crippen molar-refractivity contribution in [1.29, 1.82) is 0 Å². The Morgan fingerprint density at radius 2 is 2.00 bits per heavy atom. The van der Waals surface area contributed by atoms with Crippen molar-refractivity contribution in [2.24, 2.45) is 0 Å². The highest BCUT2D eigenvalue weighted by atomic mass is 79.9. The maximum absolute atomic E-state index is 12.2. The summed E-state index contributed by atoms with van der Waals surface area (Å²) in [4.78, 5) is 20.3. The summed E-state index contributed by atoms with van der Waals surface area (Å²) in [6.07, 6.45) is 2.95. The molecule has 1 amide bonds. The summed E-state index contributed by atoms with van der Waals surface area (Å²) in [6.45, 7) is 0.484. The zero-order valence-electron chi connectivity index (χ0n) is 12.0. The molecule has 0 aliphatic heterocycles. The predicted octanol–water partition coefficient (Wildman–Crippen LogP) is 3.70. The van der Waals surface area contributed by atoms with Gasteiger partial charge in [0.15, 0.2) is 0 Å². The number of carbonyl (C=O) groups excluding carboxylic acids is 1. The van der Waals surface area contributed by atoms with Crippen LogP contribution in [-0.4, -0.2) is 15.9 Å². The van der Waals surface area contributed by atoms with Crippen LogP contribution < -0.4 is 10.6 Å². The van der Waals surface area contributed by atoms with Gasteiger partial charge in [0.25, 0.3) is 5.91 Å². The molecule has 2 heterocycles. The van der Waals surface area contributed by atoms with E-state index in [4.69, 9.17) is 4.42 Å². The molecular weight excluding hydrogens is 360 g/mol. The van der Waals surface area contributed by atoms with Gasteiger partial charge >= 0.3 is 0 Å². The first-order chi connectivity index (χ1) is 11.2. The van der Waals surface area contributed by atoms with E-state index in [1.54, 1.807) is 24.5 Å². The normalized spacial score (nSPS) is 10.3. The smallest absolute Gasteiger partial charge is 0.274 e. The minimum Gasteiger partial charge on any atom is -0.467 e. The van der Waals surface area contributed by atoms with Gasteiger partial charge in [-0.05, 0) is 36.4 Å². The molecule has 2 aromatic heterocycles. The van der Waals surface area contributed by atoms with Crippen LogP contribution in [0, 0.1) is 0 Å². The van der Waals surface area contributed by atoms with Crippen LogP contribution in [0.1, 0.15) is 16.2 Å². The molecule has 0 bridgehead atoms. The third kappa shape index (κ3) is 4.17. The molecule has 7 heteroatoms. The van der Waals surface area contributed by atoms with Gasteiger partial charge in [-0.3, -0.25) is 4.79 Å². The van der Waals surface area contributed by atoms with Crippen molar-refractivity contribution in [2.75, 3.05) is 10.6 Å². The van der Waals surface area contributed by atoms with E-state index in [2.05, 4.69) is 36.5 Å². The Morgan fingerprint density at radius 1 is 1.17 bits per heavy atom. The van der Waals surface area contributed by atoms with Crippen molar-refractivity contribution in [1.82, 2.24) is 9.97 Å². The summed E-state index contributed by atoms with van der Waals surface area (Å²) >= 11 is 3.35. The van der Waals surface area contributed by atoms with Crippen molar-refractivity contribution in [3.05, 3.63) is 71.0 Å².